The van der Waals surface area contributed by atoms with Crippen molar-refractivity contribution < 1.29 is 14.6 Å². The van der Waals surface area contributed by atoms with Crippen molar-refractivity contribution in [2.75, 3.05) is 13.2 Å². The minimum Gasteiger partial charge on any atom is -0.486 e. The maximum atomic E-state index is 10.6. The van der Waals surface area contributed by atoms with Crippen LogP contribution in [0.3, 0.4) is 0 Å². The van der Waals surface area contributed by atoms with Gasteiger partial charge in [-0.1, -0.05) is 43.5 Å². The molecule has 0 bridgehead atoms. The van der Waals surface area contributed by atoms with Crippen molar-refractivity contribution in [1.29, 1.82) is 0 Å². The van der Waals surface area contributed by atoms with E-state index in [0.29, 0.717) is 35.3 Å². The van der Waals surface area contributed by atoms with E-state index in [2.05, 4.69) is 31.9 Å². The maximum Gasteiger partial charge on any atom is 0.162 e. The van der Waals surface area contributed by atoms with E-state index in [-0.39, 0.29) is 0 Å². The van der Waals surface area contributed by atoms with Gasteiger partial charge in [-0.2, -0.15) is 0 Å². The largest absolute Gasteiger partial charge is 0.486 e. The predicted octanol–water partition coefficient (Wildman–Crippen LogP) is 4.72. The lowest BCUT2D eigenvalue weighted by Crippen LogP contribution is -2.16. The van der Waals surface area contributed by atoms with Crippen LogP contribution in [0.1, 0.15) is 17.2 Å². The molecule has 0 saturated heterocycles. The van der Waals surface area contributed by atoms with E-state index in [4.69, 9.17) is 21.1 Å². The summed E-state index contributed by atoms with van der Waals surface area (Å²) in [7, 11) is 0. The number of fused-ring (bicyclic) bond motifs is 1. The fourth-order valence-electron chi connectivity index (χ4n) is 2.20. The predicted molar refractivity (Wildman–Crippen MR) is 88.3 cm³/mol. The number of halogens is 3. The molecule has 110 valence electrons. The second kappa shape index (κ2) is 6.16. The zero-order chi connectivity index (χ0) is 15.0. The van der Waals surface area contributed by atoms with Gasteiger partial charge < -0.3 is 14.6 Å². The van der Waals surface area contributed by atoms with Crippen molar-refractivity contribution in [3.8, 4) is 11.5 Å². The molecule has 6 heteroatoms. The van der Waals surface area contributed by atoms with Gasteiger partial charge in [0.1, 0.15) is 19.3 Å². The first-order valence-corrected chi connectivity index (χ1v) is 8.24. The normalized spacial score (nSPS) is 14.9. The Hall–Kier alpha value is -0.750. The number of hydrogen-bond acceptors (Lipinski definition) is 3. The van der Waals surface area contributed by atoms with Gasteiger partial charge in [-0.15, -0.1) is 0 Å². The highest BCUT2D eigenvalue weighted by Gasteiger charge is 2.20. The summed E-state index contributed by atoms with van der Waals surface area (Å²) in [5, 5.41) is 11.0. The molecule has 1 aliphatic heterocycles. The van der Waals surface area contributed by atoms with Crippen LogP contribution in [-0.4, -0.2) is 18.3 Å². The second-order valence-corrected chi connectivity index (χ2v) is 6.86. The fraction of sp³-hybridized carbons (Fsp3) is 0.200. The third-order valence-corrected chi connectivity index (χ3v) is 4.40. The molecule has 1 atom stereocenters. The molecule has 21 heavy (non-hydrogen) atoms. The highest BCUT2D eigenvalue weighted by Crippen LogP contribution is 2.40. The molecule has 2 aromatic rings. The molecule has 0 radical (unpaired) electrons. The summed E-state index contributed by atoms with van der Waals surface area (Å²) < 4.78 is 12.8. The Morgan fingerprint density at radius 1 is 0.952 bits per heavy atom. The lowest BCUT2D eigenvalue weighted by molar-refractivity contribution is 0.169. The molecule has 1 N–H and O–H groups in total. The molecule has 1 heterocycles. The van der Waals surface area contributed by atoms with Crippen molar-refractivity contribution in [1.82, 2.24) is 0 Å². The van der Waals surface area contributed by atoms with Crippen LogP contribution in [0, 0.1) is 0 Å². The average molecular weight is 435 g/mol. The molecule has 1 aliphatic rings. The lowest BCUT2D eigenvalue weighted by Gasteiger charge is -2.21. The lowest BCUT2D eigenvalue weighted by atomic mass is 10.0. The number of ether oxygens (including phenoxy) is 2. The Balaban J connectivity index is 2.02. The van der Waals surface area contributed by atoms with Crippen molar-refractivity contribution in [3.63, 3.8) is 0 Å². The summed E-state index contributed by atoms with van der Waals surface area (Å²) in [6, 6.07) is 9.02. The van der Waals surface area contributed by atoms with E-state index in [9.17, 15) is 5.11 Å². The monoisotopic (exact) mass is 432 g/mol. The van der Waals surface area contributed by atoms with Gasteiger partial charge in [0.05, 0.1) is 5.02 Å². The third-order valence-electron chi connectivity index (χ3n) is 3.16. The van der Waals surface area contributed by atoms with Crippen LogP contribution >= 0.6 is 43.5 Å². The number of benzene rings is 2. The van der Waals surface area contributed by atoms with Gasteiger partial charge in [0.2, 0.25) is 0 Å². The summed E-state index contributed by atoms with van der Waals surface area (Å²) in [4.78, 5) is 0. The van der Waals surface area contributed by atoms with Crippen molar-refractivity contribution in [2.24, 2.45) is 0 Å². The topological polar surface area (TPSA) is 38.7 Å². The van der Waals surface area contributed by atoms with E-state index in [0.717, 1.165) is 14.5 Å². The first kappa shape index (κ1) is 15.2. The molecule has 3 rings (SSSR count). The third kappa shape index (κ3) is 3.21. The molecule has 1 unspecified atom stereocenters. The van der Waals surface area contributed by atoms with Gasteiger partial charge in [0.15, 0.2) is 11.5 Å². The van der Waals surface area contributed by atoms with E-state index in [1.165, 1.54) is 0 Å². The Morgan fingerprint density at radius 3 is 2.14 bits per heavy atom. The summed E-state index contributed by atoms with van der Waals surface area (Å²) in [5.74, 6) is 1.21. The Kier molecular flexibility index (Phi) is 4.45. The molecule has 0 fully saturated rings. The van der Waals surface area contributed by atoms with Gasteiger partial charge in [0.25, 0.3) is 0 Å². The summed E-state index contributed by atoms with van der Waals surface area (Å²) in [5.41, 5.74) is 1.32. The number of aliphatic hydroxyl groups excluding tert-OH is 1. The SMILES string of the molecule is OC(c1cc(Br)cc(Br)c1)c1cc2c(cc1Cl)OCCO2. The smallest absolute Gasteiger partial charge is 0.162 e. The van der Waals surface area contributed by atoms with Crippen LogP contribution in [0.5, 0.6) is 11.5 Å². The van der Waals surface area contributed by atoms with Crippen LogP contribution in [0.15, 0.2) is 39.3 Å². The number of hydrogen-bond donors (Lipinski definition) is 1. The highest BCUT2D eigenvalue weighted by atomic mass is 79.9. The van der Waals surface area contributed by atoms with Gasteiger partial charge >= 0.3 is 0 Å². The van der Waals surface area contributed by atoms with Crippen LogP contribution < -0.4 is 9.47 Å². The van der Waals surface area contributed by atoms with E-state index in [1.54, 1.807) is 12.1 Å². The van der Waals surface area contributed by atoms with E-state index >= 15 is 0 Å². The summed E-state index contributed by atoms with van der Waals surface area (Å²) >= 11 is 13.1. The van der Waals surface area contributed by atoms with E-state index < -0.39 is 6.10 Å². The summed E-state index contributed by atoms with van der Waals surface area (Å²) in [6.45, 7) is 0.996. The van der Waals surface area contributed by atoms with Crippen molar-refractivity contribution in [3.05, 3.63) is 55.4 Å². The van der Waals surface area contributed by atoms with Gasteiger partial charge in [0, 0.05) is 20.6 Å². The maximum absolute atomic E-state index is 10.6. The average Bonchev–Trinajstić information content (AvgIpc) is 2.44. The van der Waals surface area contributed by atoms with Gasteiger partial charge in [-0.25, -0.2) is 0 Å². The number of rotatable bonds is 2. The molecule has 3 nitrogen and oxygen atoms in total. The fourth-order valence-corrected chi connectivity index (χ4v) is 3.79. The first-order valence-electron chi connectivity index (χ1n) is 6.27. The Bertz CT molecular complexity index is 671. The molecule has 0 aromatic heterocycles. The summed E-state index contributed by atoms with van der Waals surface area (Å²) in [6.07, 6.45) is -0.845. The molecule has 0 amide bonds. The van der Waals surface area contributed by atoms with Crippen LogP contribution in [0.25, 0.3) is 0 Å². The molecular weight excluding hydrogens is 423 g/mol. The standard InChI is InChI=1S/C15H11Br2ClO3/c16-9-3-8(4-10(17)5-9)15(19)11-6-13-14(7-12(11)18)21-2-1-20-13/h3-7,15,19H,1-2H2. The highest BCUT2D eigenvalue weighted by molar-refractivity contribution is 9.11. The van der Waals surface area contributed by atoms with Gasteiger partial charge in [-0.05, 0) is 29.8 Å². The van der Waals surface area contributed by atoms with Gasteiger partial charge in [-0.3, -0.25) is 0 Å². The first-order chi connectivity index (χ1) is 10.0. The Labute approximate surface area is 144 Å². The Morgan fingerprint density at radius 2 is 1.52 bits per heavy atom. The van der Waals surface area contributed by atoms with Crippen molar-refractivity contribution in [2.45, 2.75) is 6.10 Å². The van der Waals surface area contributed by atoms with Crippen LogP contribution in [0.2, 0.25) is 5.02 Å². The molecule has 0 aliphatic carbocycles. The second-order valence-electron chi connectivity index (χ2n) is 4.62. The zero-order valence-corrected chi connectivity index (χ0v) is 14.7. The molecular formula is C15H11Br2ClO3. The molecule has 0 spiro atoms. The zero-order valence-electron chi connectivity index (χ0n) is 10.8. The number of aliphatic hydroxyl groups is 1. The quantitative estimate of drug-likeness (QED) is 0.744. The molecule has 0 saturated carbocycles. The van der Waals surface area contributed by atoms with Crippen molar-refractivity contribution >= 4 is 43.5 Å². The minimum atomic E-state index is -0.845. The van der Waals surface area contributed by atoms with Crippen LogP contribution in [0.4, 0.5) is 0 Å². The minimum absolute atomic E-state index is 0.447. The van der Waals surface area contributed by atoms with Crippen LogP contribution in [-0.2, 0) is 0 Å². The molecule has 2 aromatic carbocycles. The van der Waals surface area contributed by atoms with E-state index in [1.807, 2.05) is 18.2 Å².